The average Bonchev–Trinajstić information content (AvgIpc) is 2.64. The second-order valence-corrected chi connectivity index (χ2v) is 4.97. The summed E-state index contributed by atoms with van der Waals surface area (Å²) in [5.41, 5.74) is 5.75. The maximum Gasteiger partial charge on any atom is 0.294 e. The molecule has 0 unspecified atom stereocenters. The molecule has 0 amide bonds. The summed E-state index contributed by atoms with van der Waals surface area (Å²) in [7, 11) is 0. The largest absolute Gasteiger partial charge is 0.294 e. The molecule has 10 heteroatoms. The Bertz CT molecular complexity index is 767. The standard InChI is InChI=1S/C16H16N6O4/c23-21(24)15-9-3-1-7-13(15)19-17-11-5-6-12-18-20-14-8-2-4-10-16(14)22(25)26/h1-4,7-12,19-20H,5-6H2/b17-11+,18-12+. The summed E-state index contributed by atoms with van der Waals surface area (Å²) in [5, 5.41) is 29.6. The zero-order valence-corrected chi connectivity index (χ0v) is 13.6. The van der Waals surface area contributed by atoms with Crippen LogP contribution in [-0.4, -0.2) is 22.3 Å². The summed E-state index contributed by atoms with van der Waals surface area (Å²) in [6.45, 7) is 0. The van der Waals surface area contributed by atoms with Gasteiger partial charge in [-0.25, -0.2) is 0 Å². The van der Waals surface area contributed by atoms with Crippen LogP contribution in [0.15, 0.2) is 58.7 Å². The molecule has 2 rings (SSSR count). The van der Waals surface area contributed by atoms with Gasteiger partial charge in [-0.3, -0.25) is 31.1 Å². The molecule has 0 aliphatic heterocycles. The van der Waals surface area contributed by atoms with Gasteiger partial charge in [0.05, 0.1) is 9.85 Å². The highest BCUT2D eigenvalue weighted by Crippen LogP contribution is 2.23. The van der Waals surface area contributed by atoms with E-state index in [0.29, 0.717) is 24.2 Å². The van der Waals surface area contributed by atoms with Crippen molar-refractivity contribution in [2.24, 2.45) is 10.2 Å². The number of rotatable bonds is 9. The Morgan fingerprint density at radius 2 is 1.15 bits per heavy atom. The Morgan fingerprint density at radius 3 is 1.54 bits per heavy atom. The van der Waals surface area contributed by atoms with Gasteiger partial charge in [0.2, 0.25) is 0 Å². The monoisotopic (exact) mass is 356 g/mol. The summed E-state index contributed by atoms with van der Waals surface area (Å²) in [5.74, 6) is 0. The lowest BCUT2D eigenvalue weighted by Gasteiger charge is -2.01. The number of hydrogen-bond acceptors (Lipinski definition) is 8. The van der Waals surface area contributed by atoms with Crippen LogP contribution in [0, 0.1) is 20.2 Å². The Balaban J connectivity index is 1.77. The first kappa shape index (κ1) is 18.5. The highest BCUT2D eigenvalue weighted by Gasteiger charge is 2.11. The third-order valence-corrected chi connectivity index (χ3v) is 3.18. The maximum absolute atomic E-state index is 10.9. The minimum absolute atomic E-state index is 0.0557. The maximum atomic E-state index is 10.9. The molecule has 0 bridgehead atoms. The molecule has 2 N–H and O–H groups in total. The third-order valence-electron chi connectivity index (χ3n) is 3.18. The van der Waals surface area contributed by atoms with Crippen molar-refractivity contribution < 1.29 is 9.85 Å². The lowest BCUT2D eigenvalue weighted by molar-refractivity contribution is -0.384. The van der Waals surface area contributed by atoms with E-state index in [4.69, 9.17) is 0 Å². The van der Waals surface area contributed by atoms with Crippen molar-refractivity contribution in [1.82, 2.24) is 0 Å². The summed E-state index contributed by atoms with van der Waals surface area (Å²) in [6, 6.07) is 12.4. The second kappa shape index (κ2) is 9.47. The number of unbranched alkanes of at least 4 members (excludes halogenated alkanes) is 1. The van der Waals surface area contributed by atoms with Gasteiger partial charge in [-0.2, -0.15) is 10.2 Å². The molecular formula is C16H16N6O4. The second-order valence-electron chi connectivity index (χ2n) is 4.97. The molecule has 26 heavy (non-hydrogen) atoms. The van der Waals surface area contributed by atoms with E-state index in [9.17, 15) is 20.2 Å². The van der Waals surface area contributed by atoms with Gasteiger partial charge in [0.15, 0.2) is 0 Å². The highest BCUT2D eigenvalue weighted by molar-refractivity contribution is 5.69. The zero-order chi connectivity index (χ0) is 18.8. The van der Waals surface area contributed by atoms with Crippen LogP contribution in [0.4, 0.5) is 22.7 Å². The summed E-state index contributed by atoms with van der Waals surface area (Å²) in [4.78, 5) is 20.7. The molecule has 0 fully saturated rings. The van der Waals surface area contributed by atoms with Crippen LogP contribution in [0.5, 0.6) is 0 Å². The normalized spacial score (nSPS) is 10.9. The topological polar surface area (TPSA) is 135 Å². The molecule has 0 aliphatic rings. The number of hydrazone groups is 2. The van der Waals surface area contributed by atoms with Crippen molar-refractivity contribution in [2.45, 2.75) is 12.8 Å². The summed E-state index contributed by atoms with van der Waals surface area (Å²) >= 11 is 0. The fourth-order valence-electron chi connectivity index (χ4n) is 1.96. The van der Waals surface area contributed by atoms with Gasteiger partial charge in [-0.1, -0.05) is 24.3 Å². The summed E-state index contributed by atoms with van der Waals surface area (Å²) in [6.07, 6.45) is 4.20. The molecule has 10 nitrogen and oxygen atoms in total. The number of nitro groups is 2. The molecule has 2 aromatic carbocycles. The van der Waals surface area contributed by atoms with E-state index in [2.05, 4.69) is 21.1 Å². The van der Waals surface area contributed by atoms with E-state index in [0.717, 1.165) is 0 Å². The Hall–Kier alpha value is -3.82. The van der Waals surface area contributed by atoms with Gasteiger partial charge >= 0.3 is 0 Å². The van der Waals surface area contributed by atoms with Crippen molar-refractivity contribution in [1.29, 1.82) is 0 Å². The Morgan fingerprint density at radius 1 is 0.769 bits per heavy atom. The number of para-hydroxylation sites is 4. The number of anilines is 2. The number of nitro benzene ring substituents is 2. The van der Waals surface area contributed by atoms with Crippen LogP contribution in [0.25, 0.3) is 0 Å². The van der Waals surface area contributed by atoms with Crippen LogP contribution in [0.2, 0.25) is 0 Å². The average molecular weight is 356 g/mol. The molecule has 0 atom stereocenters. The quantitative estimate of drug-likeness (QED) is 0.304. The lowest BCUT2D eigenvalue weighted by atomic mass is 10.3. The third kappa shape index (κ3) is 5.37. The molecule has 0 aliphatic carbocycles. The number of hydrogen-bond donors (Lipinski definition) is 2. The van der Waals surface area contributed by atoms with E-state index in [1.54, 1.807) is 48.8 Å². The first-order chi connectivity index (χ1) is 12.6. The van der Waals surface area contributed by atoms with Crippen LogP contribution >= 0.6 is 0 Å². The van der Waals surface area contributed by atoms with Gasteiger partial charge in [-0.05, 0) is 25.0 Å². The van der Waals surface area contributed by atoms with Crippen molar-refractivity contribution in [3.8, 4) is 0 Å². The minimum atomic E-state index is -0.487. The number of nitrogens with zero attached hydrogens (tertiary/aromatic N) is 4. The van der Waals surface area contributed by atoms with Crippen LogP contribution in [0.3, 0.4) is 0 Å². The molecule has 0 heterocycles. The fourth-order valence-corrected chi connectivity index (χ4v) is 1.96. The minimum Gasteiger partial charge on any atom is -0.272 e. The molecule has 0 spiro atoms. The smallest absolute Gasteiger partial charge is 0.272 e. The van der Waals surface area contributed by atoms with Crippen LogP contribution in [0.1, 0.15) is 12.8 Å². The molecule has 0 aromatic heterocycles. The fraction of sp³-hybridized carbons (Fsp3) is 0.125. The van der Waals surface area contributed by atoms with Crippen molar-refractivity contribution >= 4 is 35.2 Å². The first-order valence-corrected chi connectivity index (χ1v) is 7.61. The van der Waals surface area contributed by atoms with Crippen molar-refractivity contribution in [3.05, 3.63) is 68.8 Å². The Kier molecular flexibility index (Phi) is 6.74. The Labute approximate surface area is 148 Å². The molecule has 134 valence electrons. The molecule has 0 saturated heterocycles. The van der Waals surface area contributed by atoms with Crippen molar-refractivity contribution in [3.63, 3.8) is 0 Å². The zero-order valence-electron chi connectivity index (χ0n) is 13.6. The van der Waals surface area contributed by atoms with Gasteiger partial charge < -0.3 is 0 Å². The molecule has 0 radical (unpaired) electrons. The lowest BCUT2D eigenvalue weighted by Crippen LogP contribution is -1.97. The van der Waals surface area contributed by atoms with Gasteiger partial charge in [0, 0.05) is 24.6 Å². The van der Waals surface area contributed by atoms with E-state index >= 15 is 0 Å². The van der Waals surface area contributed by atoms with E-state index in [1.165, 1.54) is 12.1 Å². The van der Waals surface area contributed by atoms with Gasteiger partial charge in [0.25, 0.3) is 11.4 Å². The number of benzene rings is 2. The van der Waals surface area contributed by atoms with Gasteiger partial charge in [0.1, 0.15) is 11.4 Å². The van der Waals surface area contributed by atoms with Crippen molar-refractivity contribution in [2.75, 3.05) is 10.9 Å². The van der Waals surface area contributed by atoms with E-state index in [1.807, 2.05) is 0 Å². The first-order valence-electron chi connectivity index (χ1n) is 7.61. The molecule has 2 aromatic rings. The van der Waals surface area contributed by atoms with E-state index in [-0.39, 0.29) is 11.4 Å². The van der Waals surface area contributed by atoms with Gasteiger partial charge in [-0.15, -0.1) is 0 Å². The molecular weight excluding hydrogens is 340 g/mol. The predicted octanol–water partition coefficient (Wildman–Crippen LogP) is 3.78. The van der Waals surface area contributed by atoms with Crippen LogP contribution in [-0.2, 0) is 0 Å². The molecule has 0 saturated carbocycles. The number of nitrogens with one attached hydrogen (secondary N) is 2. The summed E-state index contributed by atoms with van der Waals surface area (Å²) < 4.78 is 0. The highest BCUT2D eigenvalue weighted by atomic mass is 16.6. The predicted molar refractivity (Wildman–Crippen MR) is 99.7 cm³/mol. The van der Waals surface area contributed by atoms with Crippen LogP contribution < -0.4 is 10.9 Å². The van der Waals surface area contributed by atoms with E-state index < -0.39 is 9.85 Å². The SMILES string of the molecule is O=[N+]([O-])c1ccccc1N/N=C/CC/C=N/Nc1ccccc1[N+](=O)[O-].